The van der Waals surface area contributed by atoms with Crippen molar-refractivity contribution in [2.75, 3.05) is 22.7 Å². The maximum absolute atomic E-state index is 13.2. The first-order chi connectivity index (χ1) is 11.0. The van der Waals surface area contributed by atoms with Crippen LogP contribution in [0.2, 0.25) is 0 Å². The molecule has 1 fully saturated rings. The van der Waals surface area contributed by atoms with Crippen LogP contribution in [0.1, 0.15) is 12.8 Å². The van der Waals surface area contributed by atoms with E-state index in [1.54, 1.807) is 12.1 Å². The van der Waals surface area contributed by atoms with Crippen molar-refractivity contribution in [3.8, 4) is 0 Å². The number of anilines is 2. The molecule has 1 aliphatic rings. The van der Waals surface area contributed by atoms with Crippen molar-refractivity contribution < 1.29 is 17.2 Å². The second kappa shape index (κ2) is 6.16. The Balaban J connectivity index is 1.78. The quantitative estimate of drug-likeness (QED) is 0.930. The summed E-state index contributed by atoms with van der Waals surface area (Å²) in [6, 6.07) is 9.48. The van der Waals surface area contributed by atoms with Gasteiger partial charge in [0.2, 0.25) is 0 Å². The third-order valence-corrected chi connectivity index (χ3v) is 5.17. The maximum atomic E-state index is 13.2. The van der Waals surface area contributed by atoms with Gasteiger partial charge in [-0.2, -0.15) is 0 Å². The van der Waals surface area contributed by atoms with Crippen LogP contribution in [0.5, 0.6) is 0 Å². The van der Waals surface area contributed by atoms with Crippen LogP contribution in [-0.4, -0.2) is 21.5 Å². The molecular weight excluding hydrogens is 322 g/mol. The van der Waals surface area contributed by atoms with Crippen LogP contribution in [-0.2, 0) is 10.0 Å². The highest BCUT2D eigenvalue weighted by atomic mass is 32.2. The van der Waals surface area contributed by atoms with Crippen molar-refractivity contribution in [1.29, 1.82) is 0 Å². The van der Waals surface area contributed by atoms with E-state index in [1.165, 1.54) is 0 Å². The fourth-order valence-electron chi connectivity index (χ4n) is 2.57. The Bertz CT molecular complexity index is 801. The first-order valence-electron chi connectivity index (χ1n) is 7.29. The van der Waals surface area contributed by atoms with Crippen molar-refractivity contribution in [2.24, 2.45) is 0 Å². The summed E-state index contributed by atoms with van der Waals surface area (Å²) in [5, 5.41) is 0. The number of halogens is 2. The van der Waals surface area contributed by atoms with Gasteiger partial charge in [0, 0.05) is 24.5 Å². The fourth-order valence-corrected chi connectivity index (χ4v) is 3.64. The molecule has 1 heterocycles. The van der Waals surface area contributed by atoms with Gasteiger partial charge in [-0.05, 0) is 55.3 Å². The Morgan fingerprint density at radius 3 is 2.17 bits per heavy atom. The minimum atomic E-state index is -3.95. The number of nitrogens with zero attached hydrogens (tertiary/aromatic N) is 1. The van der Waals surface area contributed by atoms with E-state index < -0.39 is 21.7 Å². The molecule has 1 aliphatic heterocycles. The normalized spacial score (nSPS) is 15.0. The van der Waals surface area contributed by atoms with Gasteiger partial charge in [0.25, 0.3) is 10.0 Å². The molecule has 2 aromatic carbocycles. The topological polar surface area (TPSA) is 49.4 Å². The van der Waals surface area contributed by atoms with E-state index in [9.17, 15) is 17.2 Å². The molecular formula is C16H16F2N2O2S. The molecule has 0 saturated carbocycles. The Morgan fingerprint density at radius 1 is 0.913 bits per heavy atom. The van der Waals surface area contributed by atoms with Gasteiger partial charge in [-0.1, -0.05) is 0 Å². The lowest BCUT2D eigenvalue weighted by atomic mass is 10.2. The van der Waals surface area contributed by atoms with E-state index in [0.717, 1.165) is 43.8 Å². The molecule has 1 N–H and O–H groups in total. The zero-order valence-corrected chi connectivity index (χ0v) is 13.1. The molecule has 0 atom stereocenters. The lowest BCUT2D eigenvalue weighted by Crippen LogP contribution is -2.17. The minimum absolute atomic E-state index is 0.319. The van der Waals surface area contributed by atoms with Crippen molar-refractivity contribution in [1.82, 2.24) is 0 Å². The van der Waals surface area contributed by atoms with E-state index in [-0.39, 0.29) is 4.90 Å². The molecule has 0 bridgehead atoms. The first-order valence-corrected chi connectivity index (χ1v) is 8.77. The molecule has 2 aromatic rings. The molecule has 23 heavy (non-hydrogen) atoms. The second-order valence-corrected chi connectivity index (χ2v) is 7.10. The van der Waals surface area contributed by atoms with Crippen LogP contribution in [0.15, 0.2) is 47.4 Å². The first kappa shape index (κ1) is 15.7. The smallest absolute Gasteiger partial charge is 0.261 e. The standard InChI is InChI=1S/C16H16F2N2O2S/c17-15-8-7-14(11-16(15)18)23(21,22)19-12-3-5-13(6-4-12)20-9-1-2-10-20/h3-8,11,19H,1-2,9-10H2. The van der Waals surface area contributed by atoms with Gasteiger partial charge in [-0.25, -0.2) is 17.2 Å². The molecule has 122 valence electrons. The maximum Gasteiger partial charge on any atom is 0.261 e. The average molecular weight is 338 g/mol. The number of rotatable bonds is 4. The Morgan fingerprint density at radius 2 is 1.57 bits per heavy atom. The highest BCUT2D eigenvalue weighted by Crippen LogP contribution is 2.24. The second-order valence-electron chi connectivity index (χ2n) is 5.42. The SMILES string of the molecule is O=S(=O)(Nc1ccc(N2CCCC2)cc1)c1ccc(F)c(F)c1. The average Bonchev–Trinajstić information content (AvgIpc) is 3.04. The highest BCUT2D eigenvalue weighted by molar-refractivity contribution is 7.92. The van der Waals surface area contributed by atoms with Crippen LogP contribution in [0, 0.1) is 11.6 Å². The Kier molecular flexibility index (Phi) is 4.21. The number of nitrogens with one attached hydrogen (secondary N) is 1. The lowest BCUT2D eigenvalue weighted by Gasteiger charge is -2.18. The Hall–Kier alpha value is -2.15. The van der Waals surface area contributed by atoms with Crippen LogP contribution in [0.3, 0.4) is 0 Å². The summed E-state index contributed by atoms with van der Waals surface area (Å²) >= 11 is 0. The molecule has 0 spiro atoms. The summed E-state index contributed by atoms with van der Waals surface area (Å²) in [6.07, 6.45) is 2.31. The zero-order valence-electron chi connectivity index (χ0n) is 12.3. The Labute approximate surface area is 133 Å². The third kappa shape index (κ3) is 3.44. The summed E-state index contributed by atoms with van der Waals surface area (Å²) in [6.45, 7) is 2.00. The summed E-state index contributed by atoms with van der Waals surface area (Å²) < 4.78 is 52.9. The molecule has 0 aromatic heterocycles. The van der Waals surface area contributed by atoms with Gasteiger partial charge in [0.05, 0.1) is 4.90 Å². The lowest BCUT2D eigenvalue weighted by molar-refractivity contribution is 0.504. The summed E-state index contributed by atoms with van der Waals surface area (Å²) in [4.78, 5) is 1.91. The molecule has 7 heteroatoms. The zero-order chi connectivity index (χ0) is 16.4. The van der Waals surface area contributed by atoms with Gasteiger partial charge < -0.3 is 4.90 Å². The van der Waals surface area contributed by atoms with Crippen molar-refractivity contribution in [3.63, 3.8) is 0 Å². The van der Waals surface area contributed by atoms with Gasteiger partial charge in [-0.3, -0.25) is 4.72 Å². The van der Waals surface area contributed by atoms with Crippen LogP contribution in [0.4, 0.5) is 20.2 Å². The highest BCUT2D eigenvalue weighted by Gasteiger charge is 2.17. The van der Waals surface area contributed by atoms with Gasteiger partial charge >= 0.3 is 0 Å². The number of benzene rings is 2. The van der Waals surface area contributed by atoms with Gasteiger partial charge in [0.15, 0.2) is 11.6 Å². The predicted octanol–water partition coefficient (Wildman–Crippen LogP) is 3.37. The van der Waals surface area contributed by atoms with E-state index in [1.807, 2.05) is 12.1 Å². The third-order valence-electron chi connectivity index (χ3n) is 3.79. The van der Waals surface area contributed by atoms with Crippen molar-refractivity contribution >= 4 is 21.4 Å². The van der Waals surface area contributed by atoms with E-state index in [2.05, 4.69) is 9.62 Å². The van der Waals surface area contributed by atoms with Crippen molar-refractivity contribution in [3.05, 3.63) is 54.1 Å². The number of hydrogen-bond acceptors (Lipinski definition) is 3. The summed E-state index contributed by atoms with van der Waals surface area (Å²) in [5.41, 5.74) is 1.41. The van der Waals surface area contributed by atoms with E-state index >= 15 is 0 Å². The van der Waals surface area contributed by atoms with Crippen LogP contribution < -0.4 is 9.62 Å². The largest absolute Gasteiger partial charge is 0.372 e. The monoisotopic (exact) mass is 338 g/mol. The predicted molar refractivity (Wildman–Crippen MR) is 85.1 cm³/mol. The summed E-state index contributed by atoms with van der Waals surface area (Å²) in [7, 11) is -3.95. The number of sulfonamides is 1. The van der Waals surface area contributed by atoms with Crippen LogP contribution >= 0.6 is 0 Å². The van der Waals surface area contributed by atoms with Crippen LogP contribution in [0.25, 0.3) is 0 Å². The van der Waals surface area contributed by atoms with Crippen molar-refractivity contribution in [2.45, 2.75) is 17.7 Å². The summed E-state index contributed by atoms with van der Waals surface area (Å²) in [5.74, 6) is -2.28. The molecule has 4 nitrogen and oxygen atoms in total. The molecule has 0 aliphatic carbocycles. The molecule has 0 amide bonds. The van der Waals surface area contributed by atoms with Gasteiger partial charge in [0.1, 0.15) is 0 Å². The molecule has 0 radical (unpaired) electrons. The molecule has 1 saturated heterocycles. The number of hydrogen-bond donors (Lipinski definition) is 1. The van der Waals surface area contributed by atoms with E-state index in [4.69, 9.17) is 0 Å². The minimum Gasteiger partial charge on any atom is -0.372 e. The molecule has 0 unspecified atom stereocenters. The molecule has 3 rings (SSSR count). The van der Waals surface area contributed by atoms with E-state index in [0.29, 0.717) is 11.8 Å². The fraction of sp³-hybridized carbons (Fsp3) is 0.250. The van der Waals surface area contributed by atoms with Gasteiger partial charge in [-0.15, -0.1) is 0 Å².